The first-order valence-corrected chi connectivity index (χ1v) is 9.87. The summed E-state index contributed by atoms with van der Waals surface area (Å²) in [6, 6.07) is 14.0. The van der Waals surface area contributed by atoms with Crippen molar-refractivity contribution in [3.8, 4) is 0 Å². The molecule has 5 nitrogen and oxygen atoms in total. The summed E-state index contributed by atoms with van der Waals surface area (Å²) in [4.78, 5) is 29.2. The van der Waals surface area contributed by atoms with Gasteiger partial charge in [0.05, 0.1) is 6.04 Å². The summed E-state index contributed by atoms with van der Waals surface area (Å²) in [5.41, 5.74) is 1.10. The smallest absolute Gasteiger partial charge is 0.222 e. The van der Waals surface area contributed by atoms with Gasteiger partial charge < -0.3 is 10.2 Å². The molecular weight excluding hydrogens is 346 g/mol. The van der Waals surface area contributed by atoms with Crippen LogP contribution in [0, 0.1) is 0 Å². The minimum absolute atomic E-state index is 0.0567. The molecule has 1 fully saturated rings. The summed E-state index contributed by atoms with van der Waals surface area (Å²) in [5, 5.41) is 5.22. The Morgan fingerprint density at radius 1 is 1.08 bits per heavy atom. The molecule has 2 amide bonds. The van der Waals surface area contributed by atoms with Crippen LogP contribution >= 0.6 is 11.3 Å². The SMILES string of the molecule is CC(=O)N1CCN(CCC(=O)NC(c2ccccc2)c2cccs2)CC1. The molecular formula is C20H25N3O2S. The Kier molecular flexibility index (Phi) is 6.41. The standard InChI is InChI=1S/C20H25N3O2S/c1-16(24)23-13-11-22(12-14-23)10-9-19(25)21-20(18-8-5-15-26-18)17-6-3-2-4-7-17/h2-8,15,20H,9-14H2,1H3,(H,21,25). The highest BCUT2D eigenvalue weighted by Gasteiger charge is 2.21. The Morgan fingerprint density at radius 3 is 2.42 bits per heavy atom. The molecule has 0 radical (unpaired) electrons. The second-order valence-corrected chi connectivity index (χ2v) is 7.50. The third-order valence-electron chi connectivity index (χ3n) is 4.74. The maximum absolute atomic E-state index is 12.5. The van der Waals surface area contributed by atoms with Crippen LogP contribution in [0.2, 0.25) is 0 Å². The van der Waals surface area contributed by atoms with Gasteiger partial charge in [-0.3, -0.25) is 14.5 Å². The van der Waals surface area contributed by atoms with Crippen molar-refractivity contribution in [2.24, 2.45) is 0 Å². The maximum atomic E-state index is 12.5. The van der Waals surface area contributed by atoms with E-state index in [9.17, 15) is 9.59 Å². The molecule has 0 bridgehead atoms. The highest BCUT2D eigenvalue weighted by molar-refractivity contribution is 7.10. The van der Waals surface area contributed by atoms with E-state index >= 15 is 0 Å². The van der Waals surface area contributed by atoms with E-state index in [1.54, 1.807) is 18.3 Å². The van der Waals surface area contributed by atoms with Gasteiger partial charge in [-0.25, -0.2) is 0 Å². The fourth-order valence-corrected chi connectivity index (χ4v) is 4.00. The number of rotatable bonds is 6. The van der Waals surface area contributed by atoms with Gasteiger partial charge in [-0.05, 0) is 17.0 Å². The van der Waals surface area contributed by atoms with Gasteiger partial charge in [-0.1, -0.05) is 36.4 Å². The number of nitrogens with zero attached hydrogens (tertiary/aromatic N) is 2. The first kappa shape index (κ1) is 18.6. The first-order chi connectivity index (χ1) is 12.6. The molecule has 1 aromatic heterocycles. The topological polar surface area (TPSA) is 52.7 Å². The zero-order chi connectivity index (χ0) is 18.4. The number of hydrogen-bond acceptors (Lipinski definition) is 4. The monoisotopic (exact) mass is 371 g/mol. The molecule has 1 saturated heterocycles. The van der Waals surface area contributed by atoms with Crippen molar-refractivity contribution in [3.63, 3.8) is 0 Å². The number of carbonyl (C=O) groups is 2. The summed E-state index contributed by atoms with van der Waals surface area (Å²) in [5.74, 6) is 0.185. The second kappa shape index (κ2) is 8.96. The Morgan fingerprint density at radius 2 is 1.81 bits per heavy atom. The normalized spacial score (nSPS) is 16.3. The van der Waals surface area contributed by atoms with Crippen LogP contribution in [0.4, 0.5) is 0 Å². The predicted octanol–water partition coefficient (Wildman–Crippen LogP) is 2.51. The quantitative estimate of drug-likeness (QED) is 0.849. The largest absolute Gasteiger partial charge is 0.344 e. The second-order valence-electron chi connectivity index (χ2n) is 6.52. The number of carbonyl (C=O) groups excluding carboxylic acids is 2. The van der Waals surface area contributed by atoms with Crippen molar-refractivity contribution >= 4 is 23.2 Å². The molecule has 1 N–H and O–H groups in total. The fraction of sp³-hybridized carbons (Fsp3) is 0.400. The highest BCUT2D eigenvalue weighted by Crippen LogP contribution is 2.26. The molecule has 2 aromatic rings. The van der Waals surface area contributed by atoms with Gasteiger partial charge in [0.1, 0.15) is 0 Å². The number of nitrogens with one attached hydrogen (secondary N) is 1. The van der Waals surface area contributed by atoms with Gasteiger partial charge in [-0.2, -0.15) is 0 Å². The van der Waals surface area contributed by atoms with Crippen molar-refractivity contribution in [1.82, 2.24) is 15.1 Å². The van der Waals surface area contributed by atoms with Crippen molar-refractivity contribution < 1.29 is 9.59 Å². The van der Waals surface area contributed by atoms with Crippen LogP contribution in [0.3, 0.4) is 0 Å². The van der Waals surface area contributed by atoms with Gasteiger partial charge in [0.25, 0.3) is 0 Å². The first-order valence-electron chi connectivity index (χ1n) is 8.99. The van der Waals surface area contributed by atoms with Gasteiger partial charge in [0.2, 0.25) is 11.8 Å². The summed E-state index contributed by atoms with van der Waals surface area (Å²) >= 11 is 1.65. The van der Waals surface area contributed by atoms with Crippen LogP contribution < -0.4 is 5.32 Å². The van der Waals surface area contributed by atoms with Crippen molar-refractivity contribution in [2.45, 2.75) is 19.4 Å². The Labute approximate surface area is 158 Å². The van der Waals surface area contributed by atoms with E-state index in [4.69, 9.17) is 0 Å². The molecule has 26 heavy (non-hydrogen) atoms. The van der Waals surface area contributed by atoms with Crippen molar-refractivity contribution in [2.75, 3.05) is 32.7 Å². The average Bonchev–Trinajstić information content (AvgIpc) is 3.20. The van der Waals surface area contributed by atoms with Gasteiger partial charge in [0.15, 0.2) is 0 Å². The summed E-state index contributed by atoms with van der Waals surface area (Å²) in [7, 11) is 0. The van der Waals surface area contributed by atoms with Crippen LogP contribution in [0.1, 0.15) is 29.8 Å². The number of hydrogen-bond donors (Lipinski definition) is 1. The molecule has 138 valence electrons. The third kappa shape index (κ3) is 4.93. The molecule has 0 saturated carbocycles. The van der Waals surface area contributed by atoms with Crippen molar-refractivity contribution in [1.29, 1.82) is 0 Å². The summed E-state index contributed by atoms with van der Waals surface area (Å²) in [6.45, 7) is 5.50. The molecule has 1 atom stereocenters. The Bertz CT molecular complexity index is 710. The molecule has 3 rings (SSSR count). The average molecular weight is 372 g/mol. The van der Waals surface area contributed by atoms with E-state index < -0.39 is 0 Å². The summed E-state index contributed by atoms with van der Waals surface area (Å²) in [6.07, 6.45) is 0.467. The van der Waals surface area contributed by atoms with Crippen molar-refractivity contribution in [3.05, 3.63) is 58.3 Å². The fourth-order valence-electron chi connectivity index (χ4n) is 3.20. The lowest BCUT2D eigenvalue weighted by molar-refractivity contribution is -0.131. The zero-order valence-corrected chi connectivity index (χ0v) is 15.9. The molecule has 1 aliphatic heterocycles. The lowest BCUT2D eigenvalue weighted by Gasteiger charge is -2.34. The lowest BCUT2D eigenvalue weighted by Crippen LogP contribution is -2.48. The van der Waals surface area contributed by atoms with Gasteiger partial charge in [-0.15, -0.1) is 11.3 Å². The van der Waals surface area contributed by atoms with E-state index in [1.165, 1.54) is 0 Å². The minimum Gasteiger partial charge on any atom is -0.344 e. The molecule has 1 aliphatic rings. The molecule has 0 aliphatic carbocycles. The van der Waals surface area contributed by atoms with Crippen LogP contribution in [0.25, 0.3) is 0 Å². The summed E-state index contributed by atoms with van der Waals surface area (Å²) < 4.78 is 0. The maximum Gasteiger partial charge on any atom is 0.222 e. The predicted molar refractivity (Wildman–Crippen MR) is 104 cm³/mol. The van der Waals surface area contributed by atoms with Crippen LogP contribution in [-0.2, 0) is 9.59 Å². The van der Waals surface area contributed by atoms with Gasteiger partial charge >= 0.3 is 0 Å². The van der Waals surface area contributed by atoms with E-state index in [2.05, 4.69) is 16.3 Å². The van der Waals surface area contributed by atoms with Crippen LogP contribution in [0.5, 0.6) is 0 Å². The number of piperazine rings is 1. The third-order valence-corrected chi connectivity index (χ3v) is 5.68. The van der Waals surface area contributed by atoms with Crippen LogP contribution in [0.15, 0.2) is 47.8 Å². The van der Waals surface area contributed by atoms with E-state index in [0.29, 0.717) is 6.42 Å². The van der Waals surface area contributed by atoms with E-state index in [-0.39, 0.29) is 17.9 Å². The van der Waals surface area contributed by atoms with Gasteiger partial charge in [0, 0.05) is 50.9 Å². The number of amides is 2. The van der Waals surface area contributed by atoms with E-state index in [1.807, 2.05) is 46.7 Å². The molecule has 1 aromatic carbocycles. The Balaban J connectivity index is 1.53. The molecule has 6 heteroatoms. The number of benzene rings is 1. The molecule has 1 unspecified atom stereocenters. The van der Waals surface area contributed by atoms with E-state index in [0.717, 1.165) is 43.2 Å². The zero-order valence-electron chi connectivity index (χ0n) is 15.1. The minimum atomic E-state index is -0.0988. The lowest BCUT2D eigenvalue weighted by atomic mass is 10.1. The molecule has 0 spiro atoms. The number of thiophene rings is 1. The molecule has 2 heterocycles. The Hall–Kier alpha value is -2.18. The van der Waals surface area contributed by atoms with Crippen LogP contribution in [-0.4, -0.2) is 54.3 Å². The highest BCUT2D eigenvalue weighted by atomic mass is 32.1.